The van der Waals surface area contributed by atoms with Crippen LogP contribution in [0.15, 0.2) is 24.3 Å². The van der Waals surface area contributed by atoms with Crippen molar-refractivity contribution in [2.45, 2.75) is 19.4 Å². The summed E-state index contributed by atoms with van der Waals surface area (Å²) in [6.07, 6.45) is 0. The molecule has 0 radical (unpaired) electrons. The number of carbonyl (C=O) groups is 1. The monoisotopic (exact) mass is 223 g/mol. The quantitative estimate of drug-likeness (QED) is 0.628. The topological polar surface area (TPSA) is 69.6 Å². The minimum absolute atomic E-state index is 0.102. The fourth-order valence-corrected chi connectivity index (χ4v) is 1.43. The first kappa shape index (κ1) is 12.7. The third-order valence-corrected chi connectivity index (χ3v) is 2.44. The van der Waals surface area contributed by atoms with Crippen molar-refractivity contribution in [3.63, 3.8) is 0 Å². The molecular formula is C12H17NO3. The zero-order chi connectivity index (χ0) is 12.0. The van der Waals surface area contributed by atoms with Crippen molar-refractivity contribution in [3.05, 3.63) is 35.4 Å². The summed E-state index contributed by atoms with van der Waals surface area (Å²) in [5, 5.41) is 20.6. The summed E-state index contributed by atoms with van der Waals surface area (Å²) in [6, 6.07) is 7.48. The molecule has 0 bridgehead atoms. The van der Waals surface area contributed by atoms with Crippen molar-refractivity contribution < 1.29 is 15.0 Å². The van der Waals surface area contributed by atoms with Crippen molar-refractivity contribution in [2.24, 2.45) is 0 Å². The van der Waals surface area contributed by atoms with Crippen LogP contribution in [0.1, 0.15) is 24.0 Å². The molecule has 0 saturated carbocycles. The maximum atomic E-state index is 10.8. The van der Waals surface area contributed by atoms with E-state index in [0.29, 0.717) is 13.1 Å². The van der Waals surface area contributed by atoms with Crippen LogP contribution < -0.4 is 5.32 Å². The predicted octanol–water partition coefficient (Wildman–Crippen LogP) is 0.957. The normalized spacial score (nSPS) is 12.4. The van der Waals surface area contributed by atoms with Gasteiger partial charge in [-0.3, -0.25) is 4.79 Å². The molecule has 0 aliphatic heterocycles. The number of hydrogen-bond donors (Lipinski definition) is 3. The molecule has 16 heavy (non-hydrogen) atoms. The highest BCUT2D eigenvalue weighted by Gasteiger charge is 2.13. The second-order valence-electron chi connectivity index (χ2n) is 3.71. The molecular weight excluding hydrogens is 206 g/mol. The summed E-state index contributed by atoms with van der Waals surface area (Å²) < 4.78 is 0. The number of nitrogens with one attached hydrogen (secondary N) is 1. The molecule has 0 heterocycles. The van der Waals surface area contributed by atoms with E-state index >= 15 is 0 Å². The lowest BCUT2D eigenvalue weighted by Gasteiger charge is -2.09. The van der Waals surface area contributed by atoms with Crippen LogP contribution in [0.4, 0.5) is 0 Å². The molecule has 0 aliphatic carbocycles. The molecule has 4 heteroatoms. The first-order chi connectivity index (χ1) is 7.65. The summed E-state index contributed by atoms with van der Waals surface area (Å²) in [4.78, 5) is 10.8. The summed E-state index contributed by atoms with van der Waals surface area (Å²) in [5.74, 6) is -1.31. The van der Waals surface area contributed by atoms with Crippen molar-refractivity contribution in [1.82, 2.24) is 5.32 Å². The molecule has 3 N–H and O–H groups in total. The van der Waals surface area contributed by atoms with Gasteiger partial charge in [-0.25, -0.2) is 0 Å². The zero-order valence-electron chi connectivity index (χ0n) is 9.31. The molecule has 0 fully saturated rings. The van der Waals surface area contributed by atoms with Crippen LogP contribution in [0.2, 0.25) is 0 Å². The number of rotatable bonds is 6. The average Bonchev–Trinajstić information content (AvgIpc) is 2.29. The molecule has 0 aromatic heterocycles. The molecule has 0 aliphatic rings. The van der Waals surface area contributed by atoms with E-state index in [0.717, 1.165) is 11.1 Å². The smallest absolute Gasteiger partial charge is 0.310 e. The van der Waals surface area contributed by atoms with Gasteiger partial charge in [0.25, 0.3) is 0 Å². The van der Waals surface area contributed by atoms with E-state index in [2.05, 4.69) is 5.32 Å². The van der Waals surface area contributed by atoms with E-state index in [1.807, 2.05) is 24.3 Å². The molecule has 1 unspecified atom stereocenters. The Labute approximate surface area is 94.9 Å². The number of carboxylic acids is 1. The van der Waals surface area contributed by atoms with Gasteiger partial charge in [-0.2, -0.15) is 0 Å². The Kier molecular flexibility index (Phi) is 4.95. The Bertz CT molecular complexity index is 352. The van der Waals surface area contributed by atoms with Gasteiger partial charge in [0.1, 0.15) is 0 Å². The second kappa shape index (κ2) is 6.25. The molecule has 4 nitrogen and oxygen atoms in total. The van der Waals surface area contributed by atoms with E-state index < -0.39 is 11.9 Å². The molecule has 1 atom stereocenters. The number of hydrogen-bond acceptors (Lipinski definition) is 3. The first-order valence-electron chi connectivity index (χ1n) is 5.28. The Balaban J connectivity index is 2.67. The largest absolute Gasteiger partial charge is 0.481 e. The minimum atomic E-state index is -0.819. The van der Waals surface area contributed by atoms with Gasteiger partial charge >= 0.3 is 5.97 Å². The fraction of sp³-hybridized carbons (Fsp3) is 0.417. The number of benzene rings is 1. The number of carboxylic acid groups (broad SMARTS) is 1. The number of aliphatic carboxylic acids is 1. The van der Waals surface area contributed by atoms with Gasteiger partial charge in [-0.15, -0.1) is 0 Å². The Morgan fingerprint density at radius 1 is 1.50 bits per heavy atom. The van der Waals surface area contributed by atoms with Crippen LogP contribution in [0, 0.1) is 0 Å². The number of aliphatic hydroxyl groups excluding tert-OH is 1. The molecule has 1 rings (SSSR count). The minimum Gasteiger partial charge on any atom is -0.481 e. The standard InChI is InChI=1S/C12H17NO3/c1-9(12(15)16)11-4-2-3-10(7-11)8-13-5-6-14/h2-4,7,9,13-14H,5-6,8H2,1H3,(H,15,16). The zero-order valence-corrected chi connectivity index (χ0v) is 9.31. The molecule has 0 amide bonds. The molecule has 1 aromatic carbocycles. The lowest BCUT2D eigenvalue weighted by molar-refractivity contribution is -0.138. The van der Waals surface area contributed by atoms with Gasteiger partial charge in [-0.1, -0.05) is 24.3 Å². The van der Waals surface area contributed by atoms with E-state index in [-0.39, 0.29) is 6.61 Å². The maximum Gasteiger partial charge on any atom is 0.310 e. The van der Waals surface area contributed by atoms with E-state index in [9.17, 15) is 4.79 Å². The highest BCUT2D eigenvalue weighted by Crippen LogP contribution is 2.16. The fourth-order valence-electron chi connectivity index (χ4n) is 1.43. The van der Waals surface area contributed by atoms with Gasteiger partial charge in [0, 0.05) is 13.1 Å². The molecule has 0 saturated heterocycles. The Morgan fingerprint density at radius 3 is 2.88 bits per heavy atom. The Hall–Kier alpha value is -1.39. The van der Waals surface area contributed by atoms with Gasteiger partial charge in [-0.05, 0) is 18.1 Å². The summed E-state index contributed by atoms with van der Waals surface area (Å²) in [7, 11) is 0. The number of aliphatic hydroxyl groups is 1. The summed E-state index contributed by atoms with van der Waals surface area (Å²) >= 11 is 0. The average molecular weight is 223 g/mol. The van der Waals surface area contributed by atoms with Crippen LogP contribution >= 0.6 is 0 Å². The molecule has 0 spiro atoms. The van der Waals surface area contributed by atoms with E-state index in [1.165, 1.54) is 0 Å². The maximum absolute atomic E-state index is 10.8. The second-order valence-corrected chi connectivity index (χ2v) is 3.71. The van der Waals surface area contributed by atoms with Gasteiger partial charge in [0.2, 0.25) is 0 Å². The van der Waals surface area contributed by atoms with Crippen molar-refractivity contribution in [2.75, 3.05) is 13.2 Å². The summed E-state index contributed by atoms with van der Waals surface area (Å²) in [6.45, 7) is 2.95. The predicted molar refractivity (Wildman–Crippen MR) is 61.3 cm³/mol. The van der Waals surface area contributed by atoms with E-state index in [4.69, 9.17) is 10.2 Å². The van der Waals surface area contributed by atoms with E-state index in [1.54, 1.807) is 6.92 Å². The van der Waals surface area contributed by atoms with Crippen LogP contribution in [0.3, 0.4) is 0 Å². The van der Waals surface area contributed by atoms with Gasteiger partial charge in [0.15, 0.2) is 0 Å². The van der Waals surface area contributed by atoms with Crippen molar-refractivity contribution in [3.8, 4) is 0 Å². The van der Waals surface area contributed by atoms with Gasteiger partial charge < -0.3 is 15.5 Å². The Morgan fingerprint density at radius 2 is 2.25 bits per heavy atom. The van der Waals surface area contributed by atoms with Crippen molar-refractivity contribution >= 4 is 5.97 Å². The summed E-state index contributed by atoms with van der Waals surface area (Å²) in [5.41, 5.74) is 1.83. The SMILES string of the molecule is CC(C(=O)O)c1cccc(CNCCO)c1. The van der Waals surface area contributed by atoms with Crippen LogP contribution in [-0.4, -0.2) is 29.3 Å². The molecule has 88 valence electrons. The van der Waals surface area contributed by atoms with Crippen LogP contribution in [0.5, 0.6) is 0 Å². The first-order valence-corrected chi connectivity index (χ1v) is 5.28. The van der Waals surface area contributed by atoms with Crippen LogP contribution in [-0.2, 0) is 11.3 Å². The highest BCUT2D eigenvalue weighted by atomic mass is 16.4. The third kappa shape index (κ3) is 3.64. The lowest BCUT2D eigenvalue weighted by Crippen LogP contribution is -2.17. The van der Waals surface area contributed by atoms with Crippen molar-refractivity contribution in [1.29, 1.82) is 0 Å². The van der Waals surface area contributed by atoms with Crippen LogP contribution in [0.25, 0.3) is 0 Å². The third-order valence-electron chi connectivity index (χ3n) is 2.44. The lowest BCUT2D eigenvalue weighted by atomic mass is 9.99. The highest BCUT2D eigenvalue weighted by molar-refractivity contribution is 5.75. The molecule has 1 aromatic rings. The van der Waals surface area contributed by atoms with Gasteiger partial charge in [0.05, 0.1) is 12.5 Å².